The SMILES string of the molecule is CCCCCCCC1CCC(C#N)(c2ncc(CCCCCC)cn2)CC1. The number of nitrogens with zero attached hydrogens (tertiary/aromatic N) is 3. The van der Waals surface area contributed by atoms with E-state index in [-0.39, 0.29) is 0 Å². The predicted molar refractivity (Wildman–Crippen MR) is 113 cm³/mol. The molecule has 3 nitrogen and oxygen atoms in total. The van der Waals surface area contributed by atoms with Crippen molar-refractivity contribution in [1.82, 2.24) is 9.97 Å². The van der Waals surface area contributed by atoms with E-state index in [9.17, 15) is 5.26 Å². The Morgan fingerprint density at radius 3 is 2.11 bits per heavy atom. The van der Waals surface area contributed by atoms with Gasteiger partial charge in [-0.05, 0) is 50.0 Å². The van der Waals surface area contributed by atoms with E-state index in [0.717, 1.165) is 43.8 Å². The average molecular weight is 370 g/mol. The van der Waals surface area contributed by atoms with Gasteiger partial charge in [0.05, 0.1) is 6.07 Å². The molecule has 1 heterocycles. The fourth-order valence-corrected chi connectivity index (χ4v) is 4.37. The molecule has 150 valence electrons. The van der Waals surface area contributed by atoms with Crippen molar-refractivity contribution in [3.05, 3.63) is 23.8 Å². The second kappa shape index (κ2) is 12.1. The smallest absolute Gasteiger partial charge is 0.148 e. The molecule has 1 aliphatic rings. The molecule has 0 bridgehead atoms. The summed E-state index contributed by atoms with van der Waals surface area (Å²) in [5.74, 6) is 1.56. The minimum Gasteiger partial charge on any atom is -0.239 e. The summed E-state index contributed by atoms with van der Waals surface area (Å²) in [4.78, 5) is 9.26. The van der Waals surface area contributed by atoms with E-state index in [0.29, 0.717) is 0 Å². The summed E-state index contributed by atoms with van der Waals surface area (Å²) in [6.07, 6.45) is 22.3. The van der Waals surface area contributed by atoms with Crippen molar-refractivity contribution in [2.75, 3.05) is 0 Å². The molecule has 0 aliphatic heterocycles. The third-order valence-corrected chi connectivity index (χ3v) is 6.34. The topological polar surface area (TPSA) is 49.6 Å². The highest BCUT2D eigenvalue weighted by molar-refractivity contribution is 5.22. The zero-order chi connectivity index (χ0) is 19.4. The lowest BCUT2D eigenvalue weighted by Crippen LogP contribution is -2.32. The molecule has 1 saturated carbocycles. The lowest BCUT2D eigenvalue weighted by molar-refractivity contribution is 0.253. The minimum absolute atomic E-state index is 0.445. The molecule has 2 rings (SSSR count). The molecule has 1 aromatic rings. The van der Waals surface area contributed by atoms with Crippen molar-refractivity contribution in [2.45, 2.75) is 116 Å². The van der Waals surface area contributed by atoms with Crippen molar-refractivity contribution < 1.29 is 0 Å². The van der Waals surface area contributed by atoms with Crippen molar-refractivity contribution in [3.63, 3.8) is 0 Å². The Labute approximate surface area is 167 Å². The van der Waals surface area contributed by atoms with Crippen LogP contribution < -0.4 is 0 Å². The van der Waals surface area contributed by atoms with Gasteiger partial charge in [-0.15, -0.1) is 0 Å². The maximum atomic E-state index is 9.89. The maximum absolute atomic E-state index is 9.89. The Morgan fingerprint density at radius 2 is 1.52 bits per heavy atom. The highest BCUT2D eigenvalue weighted by Gasteiger charge is 2.39. The van der Waals surface area contributed by atoms with Crippen LogP contribution in [-0.4, -0.2) is 9.97 Å². The quantitative estimate of drug-likeness (QED) is 0.376. The molecule has 1 aromatic heterocycles. The Hall–Kier alpha value is -1.43. The predicted octanol–water partition coefficient (Wildman–Crippen LogP) is 6.91. The number of nitriles is 1. The molecular formula is C24H39N3. The van der Waals surface area contributed by atoms with E-state index in [1.54, 1.807) is 0 Å². The van der Waals surface area contributed by atoms with E-state index >= 15 is 0 Å². The number of aryl methyl sites for hydroxylation is 1. The lowest BCUT2D eigenvalue weighted by atomic mass is 9.69. The average Bonchev–Trinajstić information content (AvgIpc) is 2.72. The minimum atomic E-state index is -0.445. The van der Waals surface area contributed by atoms with Gasteiger partial charge in [-0.25, -0.2) is 9.97 Å². The van der Waals surface area contributed by atoms with Crippen LogP contribution in [0.2, 0.25) is 0 Å². The zero-order valence-corrected chi connectivity index (χ0v) is 17.7. The highest BCUT2D eigenvalue weighted by atomic mass is 14.9. The number of unbranched alkanes of at least 4 members (excludes halogenated alkanes) is 7. The summed E-state index contributed by atoms with van der Waals surface area (Å²) in [6, 6.07) is 2.59. The molecule has 1 fully saturated rings. The molecule has 0 radical (unpaired) electrons. The number of hydrogen-bond acceptors (Lipinski definition) is 3. The zero-order valence-electron chi connectivity index (χ0n) is 17.7. The Bertz CT molecular complexity index is 550. The van der Waals surface area contributed by atoms with Crippen LogP contribution in [0, 0.1) is 17.2 Å². The number of hydrogen-bond donors (Lipinski definition) is 0. The molecular weight excluding hydrogens is 330 g/mol. The molecule has 0 spiro atoms. The van der Waals surface area contributed by atoms with Gasteiger partial charge in [-0.1, -0.05) is 71.6 Å². The van der Waals surface area contributed by atoms with Crippen LogP contribution in [0.5, 0.6) is 0 Å². The summed E-state index contributed by atoms with van der Waals surface area (Å²) >= 11 is 0. The van der Waals surface area contributed by atoms with Gasteiger partial charge in [-0.3, -0.25) is 0 Å². The first-order chi connectivity index (χ1) is 13.2. The second-order valence-electron chi connectivity index (χ2n) is 8.57. The van der Waals surface area contributed by atoms with Crippen molar-refractivity contribution in [2.24, 2.45) is 5.92 Å². The molecule has 0 saturated heterocycles. The number of rotatable bonds is 12. The van der Waals surface area contributed by atoms with Gasteiger partial charge in [-0.2, -0.15) is 5.26 Å². The van der Waals surface area contributed by atoms with E-state index < -0.39 is 5.41 Å². The summed E-state index contributed by atoms with van der Waals surface area (Å²) in [5, 5.41) is 9.89. The van der Waals surface area contributed by atoms with Gasteiger partial charge >= 0.3 is 0 Å². The largest absolute Gasteiger partial charge is 0.239 e. The maximum Gasteiger partial charge on any atom is 0.148 e. The van der Waals surface area contributed by atoms with Crippen LogP contribution in [-0.2, 0) is 11.8 Å². The molecule has 3 heteroatoms. The number of aromatic nitrogens is 2. The fourth-order valence-electron chi connectivity index (χ4n) is 4.37. The Kier molecular flexibility index (Phi) is 9.81. The van der Waals surface area contributed by atoms with Crippen LogP contribution in [0.3, 0.4) is 0 Å². The molecule has 27 heavy (non-hydrogen) atoms. The van der Waals surface area contributed by atoms with Gasteiger partial charge < -0.3 is 0 Å². The van der Waals surface area contributed by atoms with Crippen LogP contribution in [0.15, 0.2) is 12.4 Å². The van der Waals surface area contributed by atoms with Gasteiger partial charge in [0, 0.05) is 12.4 Å². The highest BCUT2D eigenvalue weighted by Crippen LogP contribution is 2.41. The summed E-state index contributed by atoms with van der Waals surface area (Å²) in [7, 11) is 0. The molecule has 1 aliphatic carbocycles. The van der Waals surface area contributed by atoms with E-state index in [1.165, 1.54) is 69.8 Å². The fraction of sp³-hybridized carbons (Fsp3) is 0.792. The summed E-state index contributed by atoms with van der Waals surface area (Å²) < 4.78 is 0. The third kappa shape index (κ3) is 6.91. The van der Waals surface area contributed by atoms with Crippen molar-refractivity contribution in [1.29, 1.82) is 5.26 Å². The first kappa shape index (κ1) is 21.9. The molecule has 0 aromatic carbocycles. The van der Waals surface area contributed by atoms with Crippen LogP contribution in [0.25, 0.3) is 0 Å². The van der Waals surface area contributed by atoms with Crippen LogP contribution >= 0.6 is 0 Å². The van der Waals surface area contributed by atoms with Gasteiger partial charge in [0.2, 0.25) is 0 Å². The van der Waals surface area contributed by atoms with Crippen molar-refractivity contribution in [3.8, 4) is 6.07 Å². The molecule has 0 N–H and O–H groups in total. The Morgan fingerprint density at radius 1 is 0.926 bits per heavy atom. The van der Waals surface area contributed by atoms with Gasteiger partial charge in [0.15, 0.2) is 0 Å². The third-order valence-electron chi connectivity index (χ3n) is 6.34. The van der Waals surface area contributed by atoms with Crippen LogP contribution in [0.4, 0.5) is 0 Å². The molecule has 0 atom stereocenters. The summed E-state index contributed by atoms with van der Waals surface area (Å²) in [6.45, 7) is 4.50. The second-order valence-corrected chi connectivity index (χ2v) is 8.57. The van der Waals surface area contributed by atoms with Crippen LogP contribution in [0.1, 0.15) is 115 Å². The molecule has 0 amide bonds. The van der Waals surface area contributed by atoms with E-state index in [1.807, 2.05) is 12.4 Å². The van der Waals surface area contributed by atoms with Crippen molar-refractivity contribution >= 4 is 0 Å². The summed E-state index contributed by atoms with van der Waals surface area (Å²) in [5.41, 5.74) is 0.767. The van der Waals surface area contributed by atoms with Gasteiger partial charge in [0.25, 0.3) is 0 Å². The first-order valence-corrected chi connectivity index (χ1v) is 11.5. The standard InChI is InChI=1S/C24H39N3/c1-3-5-7-9-11-12-21-14-16-24(20-25,17-15-21)23-26-18-22(19-27-23)13-10-8-6-4-2/h18-19,21H,3-17H2,1-2H3. The van der Waals surface area contributed by atoms with Gasteiger partial charge in [0.1, 0.15) is 11.2 Å². The normalized spacial score (nSPS) is 22.5. The van der Waals surface area contributed by atoms with E-state index in [4.69, 9.17) is 0 Å². The monoisotopic (exact) mass is 369 g/mol. The molecule has 0 unspecified atom stereocenters. The lowest BCUT2D eigenvalue weighted by Gasteiger charge is -2.33. The Balaban J connectivity index is 1.81. The van der Waals surface area contributed by atoms with E-state index in [2.05, 4.69) is 29.9 Å². The first-order valence-electron chi connectivity index (χ1n) is 11.5.